The van der Waals surface area contributed by atoms with E-state index in [0.717, 1.165) is 40.8 Å². The zero-order chi connectivity index (χ0) is 23.0. The predicted molar refractivity (Wildman–Crippen MR) is 127 cm³/mol. The minimum absolute atomic E-state index is 0.220. The van der Waals surface area contributed by atoms with Crippen LogP contribution in [0.5, 0.6) is 0 Å². The van der Waals surface area contributed by atoms with Crippen molar-refractivity contribution in [2.45, 2.75) is 46.4 Å². The highest BCUT2D eigenvalue weighted by atomic mass is 32.2. The molecule has 0 bridgehead atoms. The highest BCUT2D eigenvalue weighted by molar-refractivity contribution is 7.96. The zero-order valence-corrected chi connectivity index (χ0v) is 19.5. The van der Waals surface area contributed by atoms with E-state index in [1.807, 2.05) is 31.2 Å². The maximum Gasteiger partial charge on any atom is 0.506 e. The topological polar surface area (TPSA) is 84.7 Å². The minimum Gasteiger partial charge on any atom is -0.450 e. The summed E-state index contributed by atoms with van der Waals surface area (Å²) in [5, 5.41) is 9.97. The molecule has 1 aliphatic rings. The average molecular weight is 454 g/mol. The standard InChI is InChI=1S/C24H27N3O4S/c1-14(2)27(32-4)10-9-16-17-7-5-6-8-20(17)25-22-18(16)12-26-21(22)11-15(3)19(23(26)28)13-31-24(29)30/h5-8,11,14H,9-10,12-13H2,1-4H3,(H,29,30). The molecule has 7 nitrogen and oxygen atoms in total. The van der Waals surface area contributed by atoms with Gasteiger partial charge in [0.25, 0.3) is 5.56 Å². The quantitative estimate of drug-likeness (QED) is 0.327. The van der Waals surface area contributed by atoms with Gasteiger partial charge in [0, 0.05) is 23.5 Å². The summed E-state index contributed by atoms with van der Waals surface area (Å²) in [6, 6.07) is 10.4. The zero-order valence-electron chi connectivity index (χ0n) is 18.7. The third-order valence-electron chi connectivity index (χ3n) is 6.03. The highest BCUT2D eigenvalue weighted by Crippen LogP contribution is 2.36. The van der Waals surface area contributed by atoms with Crippen molar-refractivity contribution >= 4 is 29.0 Å². The van der Waals surface area contributed by atoms with Crippen LogP contribution in [0.1, 0.15) is 36.1 Å². The summed E-state index contributed by atoms with van der Waals surface area (Å²) in [5.41, 5.74) is 5.67. The van der Waals surface area contributed by atoms with Gasteiger partial charge in [0.1, 0.15) is 6.61 Å². The second kappa shape index (κ2) is 8.96. The number of para-hydroxylation sites is 1. The SMILES string of the molecule is CSN(CCc1c2c(nc3ccccc13)-c1cc(C)c(COC(=O)O)c(=O)n1C2)C(C)C. The summed E-state index contributed by atoms with van der Waals surface area (Å²) in [6.07, 6.45) is 1.55. The van der Waals surface area contributed by atoms with Crippen molar-refractivity contribution in [3.05, 3.63) is 62.9 Å². The molecule has 3 aromatic rings. The second-order valence-electron chi connectivity index (χ2n) is 8.24. The molecule has 1 N–H and O–H groups in total. The predicted octanol–water partition coefficient (Wildman–Crippen LogP) is 4.46. The van der Waals surface area contributed by atoms with E-state index < -0.39 is 6.16 Å². The summed E-state index contributed by atoms with van der Waals surface area (Å²) in [5.74, 6) is 0. The number of hydrogen-bond acceptors (Lipinski definition) is 6. The van der Waals surface area contributed by atoms with Gasteiger partial charge < -0.3 is 14.4 Å². The highest BCUT2D eigenvalue weighted by Gasteiger charge is 2.28. The number of carboxylic acid groups (broad SMARTS) is 1. The average Bonchev–Trinajstić information content (AvgIpc) is 3.11. The van der Waals surface area contributed by atoms with Crippen LogP contribution in [0.25, 0.3) is 22.3 Å². The van der Waals surface area contributed by atoms with E-state index in [2.05, 4.69) is 30.5 Å². The van der Waals surface area contributed by atoms with Crippen LogP contribution in [0.4, 0.5) is 4.79 Å². The van der Waals surface area contributed by atoms with E-state index in [1.54, 1.807) is 16.5 Å². The number of benzene rings is 1. The molecule has 3 heterocycles. The molecule has 168 valence electrons. The third-order valence-corrected chi connectivity index (χ3v) is 7.10. The van der Waals surface area contributed by atoms with Crippen LogP contribution in [0, 0.1) is 6.92 Å². The summed E-state index contributed by atoms with van der Waals surface area (Å²) in [4.78, 5) is 29.0. The first-order chi connectivity index (χ1) is 15.3. The van der Waals surface area contributed by atoms with Crippen LogP contribution in [-0.4, -0.2) is 44.0 Å². The molecular formula is C24H27N3O4S. The summed E-state index contributed by atoms with van der Waals surface area (Å²) < 4.78 is 8.74. The fourth-order valence-electron chi connectivity index (χ4n) is 4.40. The lowest BCUT2D eigenvalue weighted by atomic mass is 9.97. The van der Waals surface area contributed by atoms with Crippen LogP contribution in [0.15, 0.2) is 35.1 Å². The van der Waals surface area contributed by atoms with Gasteiger partial charge in [0.05, 0.1) is 29.0 Å². The van der Waals surface area contributed by atoms with Gasteiger partial charge in [-0.1, -0.05) is 30.1 Å². The Hall–Kier alpha value is -2.84. The van der Waals surface area contributed by atoms with Crippen LogP contribution in [0.3, 0.4) is 0 Å². The van der Waals surface area contributed by atoms with Crippen molar-refractivity contribution in [1.82, 2.24) is 13.9 Å². The van der Waals surface area contributed by atoms with E-state index in [0.29, 0.717) is 23.7 Å². The Balaban J connectivity index is 1.82. The number of fused-ring (bicyclic) bond motifs is 4. The van der Waals surface area contributed by atoms with Gasteiger partial charge in [-0.25, -0.2) is 14.1 Å². The number of ether oxygens (including phenoxy) is 1. The van der Waals surface area contributed by atoms with Crippen LogP contribution >= 0.6 is 11.9 Å². The van der Waals surface area contributed by atoms with Gasteiger partial charge in [-0.2, -0.15) is 0 Å². The molecule has 0 saturated heterocycles. The number of carbonyl (C=O) groups is 1. The smallest absolute Gasteiger partial charge is 0.450 e. The molecule has 0 fully saturated rings. The number of aryl methyl sites for hydroxylation is 1. The lowest BCUT2D eigenvalue weighted by Gasteiger charge is -2.24. The molecule has 0 amide bonds. The minimum atomic E-state index is -1.39. The van der Waals surface area contributed by atoms with Gasteiger partial charge in [-0.05, 0) is 56.7 Å². The normalized spacial score (nSPS) is 12.4. The summed E-state index contributed by atoms with van der Waals surface area (Å²) in [6.45, 7) is 7.24. The Morgan fingerprint density at radius 3 is 2.75 bits per heavy atom. The van der Waals surface area contributed by atoms with Crippen LogP contribution in [-0.2, 0) is 24.3 Å². The van der Waals surface area contributed by atoms with Crippen molar-refractivity contribution in [2.24, 2.45) is 0 Å². The molecule has 0 atom stereocenters. The van der Waals surface area contributed by atoms with E-state index >= 15 is 0 Å². The number of nitrogens with zero attached hydrogens (tertiary/aromatic N) is 3. The number of pyridine rings is 2. The molecule has 4 rings (SSSR count). The Labute approximate surface area is 191 Å². The maximum absolute atomic E-state index is 13.2. The lowest BCUT2D eigenvalue weighted by Crippen LogP contribution is -2.26. The fraction of sp³-hybridized carbons (Fsp3) is 0.375. The largest absolute Gasteiger partial charge is 0.506 e. The first kappa shape index (κ1) is 22.4. The lowest BCUT2D eigenvalue weighted by molar-refractivity contribution is 0.0848. The molecule has 0 unspecified atom stereocenters. The molecular weight excluding hydrogens is 426 g/mol. The van der Waals surface area contributed by atoms with E-state index in [4.69, 9.17) is 14.8 Å². The van der Waals surface area contributed by atoms with Crippen molar-refractivity contribution in [3.8, 4) is 11.4 Å². The summed E-state index contributed by atoms with van der Waals surface area (Å²) >= 11 is 1.74. The number of rotatable bonds is 7. The molecule has 0 aliphatic carbocycles. The Morgan fingerprint density at radius 1 is 1.31 bits per heavy atom. The van der Waals surface area contributed by atoms with E-state index in [1.165, 1.54) is 5.56 Å². The van der Waals surface area contributed by atoms with Gasteiger partial charge >= 0.3 is 6.16 Å². The third kappa shape index (κ3) is 4.00. The van der Waals surface area contributed by atoms with Gasteiger partial charge in [-0.3, -0.25) is 4.79 Å². The van der Waals surface area contributed by atoms with Crippen molar-refractivity contribution in [1.29, 1.82) is 0 Å². The molecule has 1 aliphatic heterocycles. The van der Waals surface area contributed by atoms with Crippen LogP contribution in [0.2, 0.25) is 0 Å². The second-order valence-corrected chi connectivity index (χ2v) is 9.07. The number of aromatic nitrogens is 2. The van der Waals surface area contributed by atoms with Crippen molar-refractivity contribution in [3.63, 3.8) is 0 Å². The maximum atomic E-state index is 13.2. The number of hydrogen-bond donors (Lipinski definition) is 1. The summed E-state index contributed by atoms with van der Waals surface area (Å²) in [7, 11) is 0. The van der Waals surface area contributed by atoms with Crippen molar-refractivity contribution < 1.29 is 14.6 Å². The Kier molecular flexibility index (Phi) is 6.26. The Bertz CT molecular complexity index is 1250. The van der Waals surface area contributed by atoms with E-state index in [-0.39, 0.29) is 12.2 Å². The van der Waals surface area contributed by atoms with Crippen LogP contribution < -0.4 is 5.56 Å². The molecule has 32 heavy (non-hydrogen) atoms. The monoisotopic (exact) mass is 453 g/mol. The first-order valence-corrected chi connectivity index (χ1v) is 11.8. The molecule has 2 aromatic heterocycles. The van der Waals surface area contributed by atoms with E-state index in [9.17, 15) is 9.59 Å². The Morgan fingerprint density at radius 2 is 2.06 bits per heavy atom. The fourth-order valence-corrected chi connectivity index (χ4v) is 5.10. The van der Waals surface area contributed by atoms with Crippen molar-refractivity contribution in [2.75, 3.05) is 12.8 Å². The molecule has 0 spiro atoms. The molecule has 0 saturated carbocycles. The van der Waals surface area contributed by atoms with Gasteiger partial charge in [0.15, 0.2) is 0 Å². The molecule has 1 aromatic carbocycles. The van der Waals surface area contributed by atoms with Gasteiger partial charge in [-0.15, -0.1) is 0 Å². The molecule has 8 heteroatoms. The first-order valence-electron chi connectivity index (χ1n) is 10.6. The van der Waals surface area contributed by atoms with Gasteiger partial charge in [0.2, 0.25) is 0 Å². The molecule has 0 radical (unpaired) electrons.